The number of benzene rings is 1. The Morgan fingerprint density at radius 1 is 1.00 bits per heavy atom. The lowest BCUT2D eigenvalue weighted by Crippen LogP contribution is -2.20. The molecule has 0 heterocycles. The molecule has 0 saturated carbocycles. The van der Waals surface area contributed by atoms with Crippen LogP contribution in [-0.2, 0) is 4.79 Å². The van der Waals surface area contributed by atoms with Gasteiger partial charge in [0.1, 0.15) is 6.29 Å². The molecule has 0 fully saturated rings. The third kappa shape index (κ3) is 19.5. The number of carbonyl (C=O) groups excluding carboxylic acids is 1. The zero-order valence-corrected chi connectivity index (χ0v) is 20.9. The van der Waals surface area contributed by atoms with Crippen LogP contribution in [-0.4, -0.2) is 6.29 Å². The molecule has 0 amide bonds. The third-order valence-electron chi connectivity index (χ3n) is 4.79. The number of nitriles is 1. The highest BCUT2D eigenvalue weighted by molar-refractivity contribution is 5.53. The largest absolute Gasteiger partial charge is 0.303 e. The second kappa shape index (κ2) is 24.4. The average molecular weight is 404 g/mol. The van der Waals surface area contributed by atoms with Gasteiger partial charge in [-0.05, 0) is 36.5 Å². The number of nitrogens with zero attached hydrogens (tertiary/aromatic N) is 1. The first-order valence-corrected chi connectivity index (χ1v) is 11.8. The number of carbonyl (C=O) groups is 1. The highest BCUT2D eigenvalue weighted by Crippen LogP contribution is 2.28. The van der Waals surface area contributed by atoms with Gasteiger partial charge in [-0.15, -0.1) is 0 Å². The van der Waals surface area contributed by atoms with Crippen molar-refractivity contribution in [3.63, 3.8) is 0 Å². The van der Waals surface area contributed by atoms with E-state index in [1.54, 1.807) is 6.07 Å². The summed E-state index contributed by atoms with van der Waals surface area (Å²) < 4.78 is 0. The topological polar surface area (TPSA) is 40.9 Å². The maximum absolute atomic E-state index is 10.8. The first-order chi connectivity index (χ1) is 13.9. The van der Waals surface area contributed by atoms with Crippen molar-refractivity contribution >= 4 is 6.29 Å². The number of hydrogen-bond acceptors (Lipinski definition) is 2. The summed E-state index contributed by atoms with van der Waals surface area (Å²) in [5, 5.41) is 8.41. The standard InChI is InChI=1S/C14H28O.C8H7N.C3H8.C2H6/c1-5-7-9-14(10-8-6-2)13(4)12(3)11-15;1-7-3-2-4-8(5-7)6-9;1-3-2;1-2/h11-14H,5-10H2,1-4H3;2-5H,1H3;3H2,1-2H3;1-2H3. The molecule has 1 aromatic carbocycles. The SMILES string of the molecule is CC.CCC.CCCCC(CCCC)C(C)C(C)C=O.Cc1cccc(C#N)c1. The third-order valence-corrected chi connectivity index (χ3v) is 4.79. The number of unbranched alkanes of at least 4 members (excludes halogenated alkanes) is 2. The van der Waals surface area contributed by atoms with E-state index >= 15 is 0 Å². The van der Waals surface area contributed by atoms with Gasteiger partial charge in [-0.25, -0.2) is 0 Å². The lowest BCUT2D eigenvalue weighted by Gasteiger charge is -2.26. The maximum atomic E-state index is 10.8. The summed E-state index contributed by atoms with van der Waals surface area (Å²) in [6.45, 7) is 19.0. The molecule has 0 spiro atoms. The van der Waals surface area contributed by atoms with Gasteiger partial charge in [0.25, 0.3) is 0 Å². The first-order valence-electron chi connectivity index (χ1n) is 11.8. The Morgan fingerprint density at radius 3 is 1.79 bits per heavy atom. The fourth-order valence-electron chi connectivity index (χ4n) is 2.87. The second-order valence-electron chi connectivity index (χ2n) is 7.59. The average Bonchev–Trinajstić information content (AvgIpc) is 2.75. The van der Waals surface area contributed by atoms with Crippen molar-refractivity contribution in [1.82, 2.24) is 0 Å². The van der Waals surface area contributed by atoms with E-state index in [4.69, 9.17) is 5.26 Å². The molecule has 0 aliphatic heterocycles. The lowest BCUT2D eigenvalue weighted by atomic mass is 9.79. The first kappa shape index (κ1) is 32.1. The predicted octanol–water partition coefficient (Wildman–Crippen LogP) is 8.76. The van der Waals surface area contributed by atoms with Crippen LogP contribution in [0.3, 0.4) is 0 Å². The van der Waals surface area contributed by atoms with E-state index in [0.717, 1.165) is 23.3 Å². The predicted molar refractivity (Wildman–Crippen MR) is 130 cm³/mol. The van der Waals surface area contributed by atoms with Gasteiger partial charge in [0.15, 0.2) is 0 Å². The second-order valence-corrected chi connectivity index (χ2v) is 7.59. The van der Waals surface area contributed by atoms with Crippen LogP contribution in [0.1, 0.15) is 111 Å². The molecule has 2 nitrogen and oxygen atoms in total. The molecule has 0 saturated heterocycles. The number of aryl methyl sites for hydroxylation is 1. The minimum Gasteiger partial charge on any atom is -0.303 e. The van der Waals surface area contributed by atoms with Gasteiger partial charge in [-0.2, -0.15) is 5.26 Å². The number of hydrogen-bond donors (Lipinski definition) is 0. The fourth-order valence-corrected chi connectivity index (χ4v) is 2.87. The summed E-state index contributed by atoms with van der Waals surface area (Å²) in [6, 6.07) is 9.58. The lowest BCUT2D eigenvalue weighted by molar-refractivity contribution is -0.112. The minimum absolute atomic E-state index is 0.226. The molecular formula is C27H49NO. The Morgan fingerprint density at radius 2 is 1.48 bits per heavy atom. The molecular weight excluding hydrogens is 354 g/mol. The van der Waals surface area contributed by atoms with E-state index in [1.165, 1.54) is 44.9 Å². The number of aldehydes is 1. The van der Waals surface area contributed by atoms with E-state index < -0.39 is 0 Å². The zero-order chi connectivity index (χ0) is 23.1. The molecule has 0 aliphatic carbocycles. The Kier molecular flexibility index (Phi) is 27.0. The van der Waals surface area contributed by atoms with E-state index in [1.807, 2.05) is 39.0 Å². The van der Waals surface area contributed by atoms with Crippen LogP contribution < -0.4 is 0 Å². The molecule has 2 atom stereocenters. The number of rotatable bonds is 9. The molecule has 2 unspecified atom stereocenters. The Labute approximate surface area is 183 Å². The van der Waals surface area contributed by atoms with Crippen LogP contribution in [0.4, 0.5) is 0 Å². The Hall–Kier alpha value is -1.62. The van der Waals surface area contributed by atoms with Gasteiger partial charge in [0.05, 0.1) is 11.6 Å². The van der Waals surface area contributed by atoms with E-state index in [2.05, 4.69) is 47.6 Å². The molecule has 168 valence electrons. The molecule has 0 aromatic heterocycles. The zero-order valence-electron chi connectivity index (χ0n) is 20.9. The molecule has 29 heavy (non-hydrogen) atoms. The van der Waals surface area contributed by atoms with Gasteiger partial charge < -0.3 is 4.79 Å². The summed E-state index contributed by atoms with van der Waals surface area (Å²) in [5.41, 5.74) is 1.86. The molecule has 1 rings (SSSR count). The van der Waals surface area contributed by atoms with Crippen molar-refractivity contribution in [2.75, 3.05) is 0 Å². The quantitative estimate of drug-likeness (QED) is 0.386. The van der Waals surface area contributed by atoms with Crippen LogP contribution in [0.15, 0.2) is 24.3 Å². The van der Waals surface area contributed by atoms with Gasteiger partial charge in [0, 0.05) is 5.92 Å². The highest BCUT2D eigenvalue weighted by Gasteiger charge is 2.21. The summed E-state index contributed by atoms with van der Waals surface area (Å²) in [4.78, 5) is 10.8. The summed E-state index contributed by atoms with van der Waals surface area (Å²) >= 11 is 0. The van der Waals surface area contributed by atoms with Gasteiger partial charge in [-0.1, -0.05) is 112 Å². The fraction of sp³-hybridized carbons (Fsp3) is 0.704. The van der Waals surface area contributed by atoms with E-state index in [0.29, 0.717) is 5.92 Å². The van der Waals surface area contributed by atoms with E-state index in [9.17, 15) is 4.79 Å². The van der Waals surface area contributed by atoms with Crippen molar-refractivity contribution < 1.29 is 4.79 Å². The monoisotopic (exact) mass is 403 g/mol. The van der Waals surface area contributed by atoms with Gasteiger partial charge in [0.2, 0.25) is 0 Å². The van der Waals surface area contributed by atoms with Crippen molar-refractivity contribution in [3.05, 3.63) is 35.4 Å². The Balaban J connectivity index is -0.000000407. The van der Waals surface area contributed by atoms with Crippen LogP contribution in [0.25, 0.3) is 0 Å². The molecule has 0 radical (unpaired) electrons. The molecule has 0 N–H and O–H groups in total. The van der Waals surface area contributed by atoms with Crippen molar-refractivity contribution in [2.45, 2.75) is 107 Å². The molecule has 2 heteroatoms. The molecule has 0 bridgehead atoms. The van der Waals surface area contributed by atoms with Crippen LogP contribution >= 0.6 is 0 Å². The molecule has 1 aromatic rings. The van der Waals surface area contributed by atoms with E-state index in [-0.39, 0.29) is 5.92 Å². The van der Waals surface area contributed by atoms with Gasteiger partial charge >= 0.3 is 0 Å². The Bertz CT molecular complexity index is 496. The summed E-state index contributed by atoms with van der Waals surface area (Å²) in [6.07, 6.45) is 10.1. The molecule has 0 aliphatic rings. The minimum atomic E-state index is 0.226. The van der Waals surface area contributed by atoms with Crippen molar-refractivity contribution in [3.8, 4) is 6.07 Å². The van der Waals surface area contributed by atoms with Crippen LogP contribution in [0, 0.1) is 36.0 Å². The maximum Gasteiger partial charge on any atom is 0.123 e. The summed E-state index contributed by atoms with van der Waals surface area (Å²) in [7, 11) is 0. The highest BCUT2D eigenvalue weighted by atomic mass is 16.1. The summed E-state index contributed by atoms with van der Waals surface area (Å²) in [5.74, 6) is 1.54. The van der Waals surface area contributed by atoms with Crippen molar-refractivity contribution in [2.24, 2.45) is 17.8 Å². The van der Waals surface area contributed by atoms with Crippen LogP contribution in [0.5, 0.6) is 0 Å². The van der Waals surface area contributed by atoms with Crippen molar-refractivity contribution in [1.29, 1.82) is 5.26 Å². The smallest absolute Gasteiger partial charge is 0.123 e. The normalized spacial score (nSPS) is 11.3. The van der Waals surface area contributed by atoms with Gasteiger partial charge in [-0.3, -0.25) is 0 Å². The van der Waals surface area contributed by atoms with Crippen LogP contribution in [0.2, 0.25) is 0 Å².